The molecule has 0 aliphatic rings. The quantitative estimate of drug-likeness (QED) is 0.746. The van der Waals surface area contributed by atoms with Crippen molar-refractivity contribution >= 4 is 0 Å². The molecule has 0 heterocycles. The third kappa shape index (κ3) is 5.59. The Balaban J connectivity index is 2.52. The molecule has 1 N–H and O–H groups in total. The second-order valence-corrected chi connectivity index (χ2v) is 4.42. The molecule has 1 rings (SSSR count). The zero-order valence-corrected chi connectivity index (χ0v) is 12.3. The molecule has 0 aliphatic carbocycles. The van der Waals surface area contributed by atoms with Crippen molar-refractivity contribution in [3.05, 3.63) is 29.8 Å². The molecule has 4 nitrogen and oxygen atoms in total. The lowest BCUT2D eigenvalue weighted by molar-refractivity contribution is -0.0110. The van der Waals surface area contributed by atoms with Crippen LogP contribution in [0.5, 0.6) is 5.75 Å². The molecule has 19 heavy (non-hydrogen) atoms. The highest BCUT2D eigenvalue weighted by atomic mass is 16.5. The normalized spacial score (nSPS) is 14.1. The van der Waals surface area contributed by atoms with Gasteiger partial charge in [0, 0.05) is 6.61 Å². The van der Waals surface area contributed by atoms with Crippen LogP contribution in [0.4, 0.5) is 0 Å². The van der Waals surface area contributed by atoms with E-state index in [2.05, 4.69) is 11.4 Å². The average Bonchev–Trinajstić information content (AvgIpc) is 2.46. The molecule has 0 amide bonds. The van der Waals surface area contributed by atoms with Gasteiger partial charge >= 0.3 is 0 Å². The Kier molecular flexibility index (Phi) is 7.48. The van der Waals surface area contributed by atoms with Crippen LogP contribution in [0.1, 0.15) is 25.5 Å². The van der Waals surface area contributed by atoms with Crippen molar-refractivity contribution in [1.29, 1.82) is 0 Å². The molecule has 0 spiro atoms. The Bertz CT molecular complexity index is 357. The minimum absolute atomic E-state index is 0.0985. The predicted molar refractivity (Wildman–Crippen MR) is 76.7 cm³/mol. The minimum atomic E-state index is 0.0985. The summed E-state index contributed by atoms with van der Waals surface area (Å²) in [6.07, 6.45) is 0.0985. The van der Waals surface area contributed by atoms with Crippen molar-refractivity contribution in [2.24, 2.45) is 0 Å². The summed E-state index contributed by atoms with van der Waals surface area (Å²) in [5.74, 6) is 0.861. The van der Waals surface area contributed by atoms with E-state index in [1.165, 1.54) is 0 Å². The highest BCUT2D eigenvalue weighted by Crippen LogP contribution is 2.19. The van der Waals surface area contributed by atoms with Gasteiger partial charge in [-0.15, -0.1) is 0 Å². The molecule has 0 aromatic heterocycles. The first kappa shape index (κ1) is 16.0. The fourth-order valence-electron chi connectivity index (χ4n) is 1.80. The number of nitrogens with one attached hydrogen (secondary N) is 1. The van der Waals surface area contributed by atoms with Crippen LogP contribution in [0, 0.1) is 0 Å². The second kappa shape index (κ2) is 8.91. The van der Waals surface area contributed by atoms with Crippen LogP contribution in [0.2, 0.25) is 0 Å². The van der Waals surface area contributed by atoms with Crippen molar-refractivity contribution in [1.82, 2.24) is 5.32 Å². The molecular formula is C15H25NO3. The molecule has 2 atom stereocenters. The summed E-state index contributed by atoms with van der Waals surface area (Å²) in [7, 11) is 3.61. The van der Waals surface area contributed by atoms with E-state index in [4.69, 9.17) is 14.2 Å². The van der Waals surface area contributed by atoms with Gasteiger partial charge < -0.3 is 19.5 Å². The summed E-state index contributed by atoms with van der Waals surface area (Å²) in [5, 5.41) is 3.26. The molecule has 0 saturated heterocycles. The van der Waals surface area contributed by atoms with E-state index < -0.39 is 0 Å². The van der Waals surface area contributed by atoms with Gasteiger partial charge in [0.2, 0.25) is 0 Å². The lowest BCUT2D eigenvalue weighted by Crippen LogP contribution is -2.26. The molecular weight excluding hydrogens is 242 g/mol. The van der Waals surface area contributed by atoms with Crippen molar-refractivity contribution in [2.75, 3.05) is 34.0 Å². The zero-order chi connectivity index (χ0) is 14.1. The van der Waals surface area contributed by atoms with Gasteiger partial charge in [0.1, 0.15) is 5.75 Å². The summed E-state index contributed by atoms with van der Waals surface area (Å²) in [6, 6.07) is 8.17. The molecule has 1 aromatic carbocycles. The lowest BCUT2D eigenvalue weighted by Gasteiger charge is -2.20. The Labute approximate surface area is 116 Å². The number of hydrogen-bond donors (Lipinski definition) is 1. The van der Waals surface area contributed by atoms with Crippen molar-refractivity contribution in [3.63, 3.8) is 0 Å². The van der Waals surface area contributed by atoms with Gasteiger partial charge in [-0.3, -0.25) is 0 Å². The van der Waals surface area contributed by atoms with E-state index in [-0.39, 0.29) is 12.1 Å². The van der Waals surface area contributed by atoms with Gasteiger partial charge in [0.15, 0.2) is 0 Å². The summed E-state index contributed by atoms with van der Waals surface area (Å²) in [4.78, 5) is 0. The van der Waals surface area contributed by atoms with E-state index in [1.54, 1.807) is 7.11 Å². The molecule has 108 valence electrons. The molecule has 0 radical (unpaired) electrons. The highest BCUT2D eigenvalue weighted by Gasteiger charge is 2.12. The zero-order valence-electron chi connectivity index (χ0n) is 12.3. The molecule has 0 fully saturated rings. The smallest absolute Gasteiger partial charge is 0.119 e. The molecule has 1 aromatic rings. The third-order valence-electron chi connectivity index (χ3n) is 2.95. The van der Waals surface area contributed by atoms with Crippen LogP contribution < -0.4 is 10.1 Å². The largest absolute Gasteiger partial charge is 0.497 e. The van der Waals surface area contributed by atoms with Crippen molar-refractivity contribution < 1.29 is 14.2 Å². The summed E-state index contributed by atoms with van der Waals surface area (Å²) >= 11 is 0. The maximum absolute atomic E-state index is 5.80. The van der Waals surface area contributed by atoms with Gasteiger partial charge in [-0.25, -0.2) is 0 Å². The first-order valence-electron chi connectivity index (χ1n) is 6.71. The van der Waals surface area contributed by atoms with Crippen LogP contribution in [-0.4, -0.2) is 40.1 Å². The van der Waals surface area contributed by atoms with Gasteiger partial charge in [-0.1, -0.05) is 12.1 Å². The van der Waals surface area contributed by atoms with Crippen LogP contribution in [0.15, 0.2) is 24.3 Å². The molecule has 0 saturated carbocycles. The average molecular weight is 267 g/mol. The topological polar surface area (TPSA) is 39.7 Å². The van der Waals surface area contributed by atoms with Gasteiger partial charge in [0.25, 0.3) is 0 Å². The van der Waals surface area contributed by atoms with Crippen LogP contribution >= 0.6 is 0 Å². The summed E-state index contributed by atoms with van der Waals surface area (Å²) in [5.41, 5.74) is 1.16. The van der Waals surface area contributed by atoms with E-state index in [9.17, 15) is 0 Å². The molecule has 0 aliphatic heterocycles. The molecule has 2 unspecified atom stereocenters. The van der Waals surface area contributed by atoms with E-state index in [1.807, 2.05) is 39.1 Å². The number of likely N-dealkylation sites (N-methyl/N-ethyl adjacent to an activating group) is 1. The van der Waals surface area contributed by atoms with E-state index >= 15 is 0 Å². The predicted octanol–water partition coefficient (Wildman–Crippen LogP) is 2.40. The molecule has 0 bridgehead atoms. The third-order valence-corrected chi connectivity index (χ3v) is 2.95. The van der Waals surface area contributed by atoms with E-state index in [0.717, 1.165) is 17.9 Å². The maximum atomic E-state index is 5.80. The number of rotatable bonds is 9. The van der Waals surface area contributed by atoms with Crippen LogP contribution in [0.3, 0.4) is 0 Å². The van der Waals surface area contributed by atoms with Gasteiger partial charge in [0.05, 0.1) is 32.5 Å². The lowest BCUT2D eigenvalue weighted by atomic mass is 10.1. The van der Waals surface area contributed by atoms with E-state index in [0.29, 0.717) is 13.2 Å². The monoisotopic (exact) mass is 267 g/mol. The van der Waals surface area contributed by atoms with Gasteiger partial charge in [-0.05, 0) is 38.6 Å². The Morgan fingerprint density at radius 3 is 2.68 bits per heavy atom. The van der Waals surface area contributed by atoms with Crippen LogP contribution in [0.25, 0.3) is 0 Å². The minimum Gasteiger partial charge on any atom is -0.497 e. The number of benzene rings is 1. The first-order valence-corrected chi connectivity index (χ1v) is 6.71. The fourth-order valence-corrected chi connectivity index (χ4v) is 1.80. The van der Waals surface area contributed by atoms with Crippen molar-refractivity contribution in [2.45, 2.75) is 26.0 Å². The van der Waals surface area contributed by atoms with Crippen molar-refractivity contribution in [3.8, 4) is 5.75 Å². The standard InChI is InChI=1S/C15H25NO3/c1-5-18-10-12(2)19-11-15(16-3)13-7-6-8-14(9-13)17-4/h6-9,12,15-16H,5,10-11H2,1-4H3. The van der Waals surface area contributed by atoms with Crippen LogP contribution in [-0.2, 0) is 9.47 Å². The fraction of sp³-hybridized carbons (Fsp3) is 0.600. The summed E-state index contributed by atoms with van der Waals surface area (Å²) in [6.45, 7) is 5.97. The number of methoxy groups -OCH3 is 1. The maximum Gasteiger partial charge on any atom is 0.119 e. The Hall–Kier alpha value is -1.10. The number of ether oxygens (including phenoxy) is 3. The number of hydrogen-bond acceptors (Lipinski definition) is 4. The second-order valence-electron chi connectivity index (χ2n) is 4.42. The SMILES string of the molecule is CCOCC(C)OCC(NC)c1cccc(OC)c1. The Morgan fingerprint density at radius 2 is 2.05 bits per heavy atom. The summed E-state index contributed by atoms with van der Waals surface area (Å²) < 4.78 is 16.4. The highest BCUT2D eigenvalue weighted by molar-refractivity contribution is 5.30. The Morgan fingerprint density at radius 1 is 1.26 bits per heavy atom. The first-order chi connectivity index (χ1) is 9.21. The van der Waals surface area contributed by atoms with Gasteiger partial charge in [-0.2, -0.15) is 0 Å². The molecule has 4 heteroatoms.